The van der Waals surface area contributed by atoms with Crippen LogP contribution in [0.25, 0.3) is 0 Å². The van der Waals surface area contributed by atoms with Crippen molar-refractivity contribution < 1.29 is 9.90 Å². The van der Waals surface area contributed by atoms with Gasteiger partial charge in [-0.05, 0) is 11.7 Å². The van der Waals surface area contributed by atoms with Gasteiger partial charge in [0.15, 0.2) is 0 Å². The number of aliphatic hydroxyl groups is 1. The van der Waals surface area contributed by atoms with Crippen molar-refractivity contribution in [1.29, 1.82) is 0 Å². The molecule has 0 heterocycles. The maximum Gasteiger partial charge on any atom is 0.222 e. The van der Waals surface area contributed by atoms with Crippen LogP contribution in [0.2, 0.25) is 0 Å². The van der Waals surface area contributed by atoms with Gasteiger partial charge in [-0.3, -0.25) is 4.79 Å². The molecule has 0 saturated carbocycles. The highest BCUT2D eigenvalue weighted by Crippen LogP contribution is 2.09. The van der Waals surface area contributed by atoms with Gasteiger partial charge in [0.2, 0.25) is 5.91 Å². The molecule has 0 saturated heterocycles. The number of aliphatic hydroxyl groups excluding tert-OH is 1. The Balaban J connectivity index is 3.31. The van der Waals surface area contributed by atoms with Crippen molar-refractivity contribution in [2.45, 2.75) is 13.3 Å². The average molecular weight is 205 g/mol. The van der Waals surface area contributed by atoms with Crippen molar-refractivity contribution in [3.05, 3.63) is 0 Å². The van der Waals surface area contributed by atoms with Gasteiger partial charge in [-0.25, -0.2) is 0 Å². The van der Waals surface area contributed by atoms with Crippen LogP contribution in [0.15, 0.2) is 0 Å². The highest BCUT2D eigenvalue weighted by Gasteiger charge is 2.04. The summed E-state index contributed by atoms with van der Waals surface area (Å²) in [6.07, 6.45) is 0.593. The van der Waals surface area contributed by atoms with Gasteiger partial charge in [0.05, 0.1) is 0 Å². The monoisotopic (exact) mass is 205 g/mol. The molecule has 4 heteroatoms. The minimum absolute atomic E-state index is 0.171. The zero-order valence-corrected chi connectivity index (χ0v) is 9.43. The summed E-state index contributed by atoms with van der Waals surface area (Å²) < 4.78 is 0. The first-order chi connectivity index (χ1) is 6.07. The van der Waals surface area contributed by atoms with Gasteiger partial charge >= 0.3 is 0 Å². The van der Waals surface area contributed by atoms with Crippen LogP contribution in [-0.4, -0.2) is 48.1 Å². The zero-order valence-electron chi connectivity index (χ0n) is 8.62. The number of rotatable bonds is 6. The summed E-state index contributed by atoms with van der Waals surface area (Å²) in [5.74, 6) is 2.28. The molecular formula is C9H19NO2S. The topological polar surface area (TPSA) is 40.5 Å². The molecule has 0 fully saturated rings. The predicted octanol–water partition coefficient (Wildman–Crippen LogP) is 0.826. The van der Waals surface area contributed by atoms with Gasteiger partial charge in [-0.15, -0.1) is 0 Å². The fourth-order valence-corrected chi connectivity index (χ4v) is 1.71. The number of carbonyl (C=O) groups excluding carboxylic acids is 1. The van der Waals surface area contributed by atoms with Crippen LogP contribution >= 0.6 is 11.8 Å². The molecule has 0 aliphatic carbocycles. The summed E-state index contributed by atoms with van der Waals surface area (Å²) in [6.45, 7) is 2.23. The Kier molecular flexibility index (Phi) is 7.09. The molecular weight excluding hydrogens is 186 g/mol. The molecule has 1 atom stereocenters. The minimum atomic E-state index is 0.171. The molecule has 0 aliphatic rings. The van der Waals surface area contributed by atoms with Crippen molar-refractivity contribution >= 4 is 17.7 Å². The Morgan fingerprint density at radius 2 is 2.15 bits per heavy atom. The van der Waals surface area contributed by atoms with Crippen molar-refractivity contribution in [3.8, 4) is 0 Å². The van der Waals surface area contributed by atoms with E-state index in [0.717, 1.165) is 11.5 Å². The van der Waals surface area contributed by atoms with Gasteiger partial charge in [-0.2, -0.15) is 11.8 Å². The van der Waals surface area contributed by atoms with Crippen LogP contribution in [-0.2, 0) is 4.79 Å². The fraction of sp³-hybridized carbons (Fsp3) is 0.889. The first kappa shape index (κ1) is 12.8. The molecule has 0 aromatic rings. The van der Waals surface area contributed by atoms with E-state index in [-0.39, 0.29) is 12.5 Å². The van der Waals surface area contributed by atoms with Crippen LogP contribution in [0, 0.1) is 5.92 Å². The summed E-state index contributed by atoms with van der Waals surface area (Å²) in [6, 6.07) is 0. The predicted molar refractivity (Wildman–Crippen MR) is 56.9 cm³/mol. The third-order valence-corrected chi connectivity index (χ3v) is 2.97. The van der Waals surface area contributed by atoms with Crippen molar-refractivity contribution in [1.82, 2.24) is 4.90 Å². The minimum Gasteiger partial charge on any atom is -0.396 e. The number of amides is 1. The van der Waals surface area contributed by atoms with E-state index in [4.69, 9.17) is 5.11 Å². The summed E-state index contributed by atoms with van der Waals surface area (Å²) in [5, 5.41) is 8.74. The standard InChI is InChI=1S/C9H19NO2S/c1-8(6-11)7-13-5-4-9(12)10(2)3/h8,11H,4-7H2,1-3H3. The second-order valence-corrected chi connectivity index (χ2v) is 4.55. The van der Waals surface area contributed by atoms with Crippen LogP contribution in [0.1, 0.15) is 13.3 Å². The van der Waals surface area contributed by atoms with E-state index in [1.165, 1.54) is 0 Å². The molecule has 0 bridgehead atoms. The molecule has 13 heavy (non-hydrogen) atoms. The Morgan fingerprint density at radius 3 is 2.62 bits per heavy atom. The second-order valence-electron chi connectivity index (χ2n) is 3.40. The van der Waals surface area contributed by atoms with E-state index in [9.17, 15) is 4.79 Å². The van der Waals surface area contributed by atoms with E-state index >= 15 is 0 Å². The number of nitrogens with zero attached hydrogens (tertiary/aromatic N) is 1. The van der Waals surface area contributed by atoms with Crippen LogP contribution < -0.4 is 0 Å². The lowest BCUT2D eigenvalue weighted by molar-refractivity contribution is -0.128. The second kappa shape index (κ2) is 7.21. The van der Waals surface area contributed by atoms with Gasteiger partial charge in [0.1, 0.15) is 0 Å². The molecule has 1 amide bonds. The number of carbonyl (C=O) groups is 1. The molecule has 3 nitrogen and oxygen atoms in total. The van der Waals surface area contributed by atoms with Crippen LogP contribution in [0.4, 0.5) is 0 Å². The van der Waals surface area contributed by atoms with Gasteiger partial charge in [0.25, 0.3) is 0 Å². The van der Waals surface area contributed by atoms with Crippen molar-refractivity contribution in [3.63, 3.8) is 0 Å². The Morgan fingerprint density at radius 1 is 1.54 bits per heavy atom. The van der Waals surface area contributed by atoms with E-state index < -0.39 is 0 Å². The lowest BCUT2D eigenvalue weighted by Gasteiger charge is -2.10. The van der Waals surface area contributed by atoms with Crippen LogP contribution in [0.5, 0.6) is 0 Å². The van der Waals surface area contributed by atoms with Crippen LogP contribution in [0.3, 0.4) is 0 Å². The number of hydrogen-bond donors (Lipinski definition) is 1. The fourth-order valence-electron chi connectivity index (χ4n) is 0.720. The zero-order chi connectivity index (χ0) is 10.3. The first-order valence-electron chi connectivity index (χ1n) is 4.46. The molecule has 1 unspecified atom stereocenters. The molecule has 0 radical (unpaired) electrons. The number of hydrogen-bond acceptors (Lipinski definition) is 3. The molecule has 0 aliphatic heterocycles. The molecule has 78 valence electrons. The Hall–Kier alpha value is -0.220. The highest BCUT2D eigenvalue weighted by atomic mass is 32.2. The largest absolute Gasteiger partial charge is 0.396 e. The number of thioether (sulfide) groups is 1. The normalized spacial score (nSPS) is 12.6. The van der Waals surface area contributed by atoms with Crippen molar-refractivity contribution in [2.75, 3.05) is 32.2 Å². The summed E-state index contributed by atoms with van der Waals surface area (Å²) in [7, 11) is 3.53. The van der Waals surface area contributed by atoms with E-state index in [1.807, 2.05) is 6.92 Å². The van der Waals surface area contributed by atoms with Gasteiger partial charge in [-0.1, -0.05) is 6.92 Å². The van der Waals surface area contributed by atoms with Gasteiger partial charge in [0, 0.05) is 32.9 Å². The Bertz CT molecular complexity index is 151. The lowest BCUT2D eigenvalue weighted by atomic mass is 10.2. The van der Waals surface area contributed by atoms with E-state index in [0.29, 0.717) is 12.3 Å². The summed E-state index contributed by atoms with van der Waals surface area (Å²) in [5.41, 5.74) is 0. The maximum absolute atomic E-state index is 11.1. The highest BCUT2D eigenvalue weighted by molar-refractivity contribution is 7.99. The molecule has 0 aromatic heterocycles. The van der Waals surface area contributed by atoms with Crippen molar-refractivity contribution in [2.24, 2.45) is 5.92 Å². The maximum atomic E-state index is 11.1. The van der Waals surface area contributed by atoms with E-state index in [1.54, 1.807) is 30.8 Å². The summed E-state index contributed by atoms with van der Waals surface area (Å²) >= 11 is 1.72. The molecule has 0 spiro atoms. The first-order valence-corrected chi connectivity index (χ1v) is 5.62. The molecule has 0 aromatic carbocycles. The lowest BCUT2D eigenvalue weighted by Crippen LogP contribution is -2.22. The quantitative estimate of drug-likeness (QED) is 0.653. The SMILES string of the molecule is CC(CO)CSCCC(=O)N(C)C. The summed E-state index contributed by atoms with van der Waals surface area (Å²) in [4.78, 5) is 12.7. The average Bonchev–Trinajstić information content (AvgIpc) is 2.11. The van der Waals surface area contributed by atoms with E-state index in [2.05, 4.69) is 0 Å². The molecule has 1 N–H and O–H groups in total. The third-order valence-electron chi connectivity index (χ3n) is 1.67. The molecule has 0 rings (SSSR count). The van der Waals surface area contributed by atoms with Gasteiger partial charge < -0.3 is 10.0 Å². The Labute approximate surface area is 84.5 Å². The smallest absolute Gasteiger partial charge is 0.222 e. The third kappa shape index (κ3) is 6.90.